The predicted molar refractivity (Wildman–Crippen MR) is 79.8 cm³/mol. The third-order valence-electron chi connectivity index (χ3n) is 4.02. The average Bonchev–Trinajstić information content (AvgIpc) is 2.46. The molecule has 2 N–H and O–H groups in total. The molecule has 4 nitrogen and oxygen atoms in total. The van der Waals surface area contributed by atoms with Crippen molar-refractivity contribution in [1.29, 1.82) is 0 Å². The molecule has 0 bridgehead atoms. The molecule has 0 amide bonds. The van der Waals surface area contributed by atoms with Gasteiger partial charge in [-0.15, -0.1) is 0 Å². The van der Waals surface area contributed by atoms with Crippen LogP contribution < -0.4 is 15.4 Å². The zero-order chi connectivity index (χ0) is 13.8. The Balaban J connectivity index is 2.21. The van der Waals surface area contributed by atoms with Crippen LogP contribution in [0.2, 0.25) is 0 Å². The second-order valence-corrected chi connectivity index (χ2v) is 5.12. The Labute approximate surface area is 116 Å². The summed E-state index contributed by atoms with van der Waals surface area (Å²) >= 11 is 0. The van der Waals surface area contributed by atoms with Gasteiger partial charge in [0.2, 0.25) is 0 Å². The second kappa shape index (κ2) is 6.26. The first-order chi connectivity index (χ1) is 9.19. The quantitative estimate of drug-likeness (QED) is 0.897. The van der Waals surface area contributed by atoms with Gasteiger partial charge in [-0.25, -0.2) is 0 Å². The summed E-state index contributed by atoms with van der Waals surface area (Å²) in [5.41, 5.74) is 8.28. The van der Waals surface area contributed by atoms with Crippen LogP contribution >= 0.6 is 0 Å². The number of ether oxygens (including phenoxy) is 1. The van der Waals surface area contributed by atoms with Gasteiger partial charge in [-0.2, -0.15) is 0 Å². The molecule has 2 rings (SSSR count). The third-order valence-corrected chi connectivity index (χ3v) is 4.02. The second-order valence-electron chi connectivity index (χ2n) is 5.12. The van der Waals surface area contributed by atoms with Crippen molar-refractivity contribution >= 4 is 5.69 Å². The summed E-state index contributed by atoms with van der Waals surface area (Å²) in [5.74, 6) is 0.901. The van der Waals surface area contributed by atoms with E-state index in [0.717, 1.165) is 31.9 Å². The van der Waals surface area contributed by atoms with Crippen molar-refractivity contribution in [1.82, 2.24) is 4.90 Å². The first-order valence-electron chi connectivity index (χ1n) is 7.05. The molecule has 106 valence electrons. The summed E-state index contributed by atoms with van der Waals surface area (Å²) in [4.78, 5) is 4.94. The summed E-state index contributed by atoms with van der Waals surface area (Å²) in [6, 6.07) is 6.74. The fourth-order valence-electron chi connectivity index (χ4n) is 2.82. The predicted octanol–water partition coefficient (Wildman–Crippen LogP) is 1.68. The van der Waals surface area contributed by atoms with E-state index in [1.165, 1.54) is 11.3 Å². The standard InChI is InChI=1S/C15H25N3O/c1-4-17-7-8-18(11-12(17)2)15-9-14(19-3)6-5-13(15)10-16/h5-6,9,12H,4,7-8,10-11,16H2,1-3H3. The minimum atomic E-state index is 0.571. The summed E-state index contributed by atoms with van der Waals surface area (Å²) in [6.07, 6.45) is 0. The maximum Gasteiger partial charge on any atom is 0.120 e. The molecule has 1 atom stereocenters. The Bertz CT molecular complexity index is 422. The van der Waals surface area contributed by atoms with Gasteiger partial charge < -0.3 is 15.4 Å². The highest BCUT2D eigenvalue weighted by Crippen LogP contribution is 2.27. The Hall–Kier alpha value is -1.26. The fraction of sp³-hybridized carbons (Fsp3) is 0.600. The van der Waals surface area contributed by atoms with Gasteiger partial charge in [0.25, 0.3) is 0 Å². The van der Waals surface area contributed by atoms with Gasteiger partial charge >= 0.3 is 0 Å². The molecule has 1 aromatic rings. The maximum absolute atomic E-state index is 5.86. The molecule has 4 heteroatoms. The molecule has 1 fully saturated rings. The number of likely N-dealkylation sites (N-methyl/N-ethyl adjacent to an activating group) is 1. The third kappa shape index (κ3) is 3.01. The zero-order valence-electron chi connectivity index (χ0n) is 12.2. The minimum absolute atomic E-state index is 0.571. The number of nitrogens with two attached hydrogens (primary N) is 1. The van der Waals surface area contributed by atoms with E-state index in [0.29, 0.717) is 12.6 Å². The van der Waals surface area contributed by atoms with Crippen molar-refractivity contribution in [2.45, 2.75) is 26.4 Å². The van der Waals surface area contributed by atoms with Crippen LogP contribution in [0.25, 0.3) is 0 Å². The molecule has 1 aliphatic rings. The first kappa shape index (κ1) is 14.2. The van der Waals surface area contributed by atoms with E-state index >= 15 is 0 Å². The molecule has 0 aromatic heterocycles. The number of nitrogens with zero attached hydrogens (tertiary/aromatic N) is 2. The summed E-state index contributed by atoms with van der Waals surface area (Å²) in [7, 11) is 1.71. The molecule has 19 heavy (non-hydrogen) atoms. The van der Waals surface area contributed by atoms with Gasteiger partial charge in [-0.05, 0) is 25.1 Å². The number of hydrogen-bond acceptors (Lipinski definition) is 4. The van der Waals surface area contributed by atoms with E-state index in [1.807, 2.05) is 6.07 Å². The Morgan fingerprint density at radius 3 is 2.74 bits per heavy atom. The van der Waals surface area contributed by atoms with Crippen LogP contribution in [0.1, 0.15) is 19.4 Å². The molecule has 0 aliphatic carbocycles. The molecular formula is C15H25N3O. The lowest BCUT2D eigenvalue weighted by molar-refractivity contribution is 0.199. The van der Waals surface area contributed by atoms with Crippen LogP contribution in [0.15, 0.2) is 18.2 Å². The highest BCUT2D eigenvalue weighted by Gasteiger charge is 2.23. The average molecular weight is 263 g/mol. The van der Waals surface area contributed by atoms with Crippen LogP contribution in [-0.4, -0.2) is 44.2 Å². The Morgan fingerprint density at radius 1 is 1.37 bits per heavy atom. The molecule has 1 saturated heterocycles. The Morgan fingerprint density at radius 2 is 2.16 bits per heavy atom. The highest BCUT2D eigenvalue weighted by molar-refractivity contribution is 5.57. The molecule has 1 unspecified atom stereocenters. The fourth-order valence-corrected chi connectivity index (χ4v) is 2.82. The van der Waals surface area contributed by atoms with Crippen molar-refractivity contribution < 1.29 is 4.74 Å². The SMILES string of the molecule is CCN1CCN(c2cc(OC)ccc2CN)CC1C. The number of hydrogen-bond donors (Lipinski definition) is 1. The molecule has 0 radical (unpaired) electrons. The molecule has 1 aliphatic heterocycles. The van der Waals surface area contributed by atoms with E-state index < -0.39 is 0 Å². The number of benzene rings is 1. The van der Waals surface area contributed by atoms with E-state index in [9.17, 15) is 0 Å². The van der Waals surface area contributed by atoms with Gasteiger partial charge in [0.15, 0.2) is 0 Å². The normalized spacial score (nSPS) is 20.6. The topological polar surface area (TPSA) is 41.7 Å². The summed E-state index contributed by atoms with van der Waals surface area (Å²) in [5, 5.41) is 0. The lowest BCUT2D eigenvalue weighted by Crippen LogP contribution is -2.52. The molecule has 1 aromatic carbocycles. The van der Waals surface area contributed by atoms with E-state index in [1.54, 1.807) is 7.11 Å². The van der Waals surface area contributed by atoms with E-state index in [2.05, 4.69) is 35.8 Å². The van der Waals surface area contributed by atoms with Gasteiger partial charge in [0.1, 0.15) is 5.75 Å². The summed E-state index contributed by atoms with van der Waals surface area (Å²) < 4.78 is 5.34. The number of rotatable bonds is 4. The van der Waals surface area contributed by atoms with Crippen molar-refractivity contribution in [3.63, 3.8) is 0 Å². The van der Waals surface area contributed by atoms with Crippen molar-refractivity contribution in [3.8, 4) is 5.75 Å². The van der Waals surface area contributed by atoms with Crippen molar-refractivity contribution in [3.05, 3.63) is 23.8 Å². The van der Waals surface area contributed by atoms with Crippen LogP contribution in [0.4, 0.5) is 5.69 Å². The van der Waals surface area contributed by atoms with E-state index in [-0.39, 0.29) is 0 Å². The van der Waals surface area contributed by atoms with Gasteiger partial charge in [0, 0.05) is 44.0 Å². The van der Waals surface area contributed by atoms with Crippen LogP contribution in [-0.2, 0) is 6.54 Å². The highest BCUT2D eigenvalue weighted by atomic mass is 16.5. The summed E-state index contributed by atoms with van der Waals surface area (Å²) in [6.45, 7) is 9.42. The monoisotopic (exact) mass is 263 g/mol. The maximum atomic E-state index is 5.86. The number of methoxy groups -OCH3 is 1. The molecule has 0 spiro atoms. The lowest BCUT2D eigenvalue weighted by Gasteiger charge is -2.41. The van der Waals surface area contributed by atoms with Gasteiger partial charge in [0.05, 0.1) is 7.11 Å². The molecule has 0 saturated carbocycles. The van der Waals surface area contributed by atoms with E-state index in [4.69, 9.17) is 10.5 Å². The van der Waals surface area contributed by atoms with Crippen LogP contribution in [0, 0.1) is 0 Å². The number of piperazine rings is 1. The first-order valence-corrected chi connectivity index (χ1v) is 7.05. The van der Waals surface area contributed by atoms with Crippen LogP contribution in [0.5, 0.6) is 5.75 Å². The van der Waals surface area contributed by atoms with Gasteiger partial charge in [-0.1, -0.05) is 13.0 Å². The largest absolute Gasteiger partial charge is 0.497 e. The van der Waals surface area contributed by atoms with Gasteiger partial charge in [-0.3, -0.25) is 4.90 Å². The molecule has 1 heterocycles. The minimum Gasteiger partial charge on any atom is -0.497 e. The van der Waals surface area contributed by atoms with Crippen molar-refractivity contribution in [2.24, 2.45) is 5.73 Å². The zero-order valence-corrected chi connectivity index (χ0v) is 12.2. The van der Waals surface area contributed by atoms with Crippen LogP contribution in [0.3, 0.4) is 0 Å². The smallest absolute Gasteiger partial charge is 0.120 e. The lowest BCUT2D eigenvalue weighted by atomic mass is 10.1. The van der Waals surface area contributed by atoms with Crippen molar-refractivity contribution in [2.75, 3.05) is 38.2 Å². The number of anilines is 1. The molecular weight excluding hydrogens is 238 g/mol. The Kier molecular flexibility index (Phi) is 4.66.